The largest absolute Gasteiger partial charge is 0.456 e. The molecule has 0 aliphatic rings. The topological polar surface area (TPSA) is 51.8 Å². The standard InChI is InChI=1S/C43H27N3O/c1-2-11-31(12-3-1)41-44-42(32-24-20-29(21-25-32)35-16-8-13-28-10-4-5-14-34(28)35)46-43(45-41)33-26-22-30(23-27-33)36-17-9-19-39-40(36)37-15-6-7-18-38(37)47-39/h1-27H. The number of hydrogen-bond acceptors (Lipinski definition) is 4. The van der Waals surface area contributed by atoms with Crippen LogP contribution in [0.5, 0.6) is 0 Å². The van der Waals surface area contributed by atoms with Crippen LogP contribution in [0.1, 0.15) is 0 Å². The molecule has 9 aromatic rings. The van der Waals surface area contributed by atoms with Crippen LogP contribution in [0.3, 0.4) is 0 Å². The highest BCUT2D eigenvalue weighted by atomic mass is 16.3. The van der Waals surface area contributed by atoms with Gasteiger partial charge in [-0.3, -0.25) is 0 Å². The van der Waals surface area contributed by atoms with Crippen molar-refractivity contribution < 1.29 is 4.42 Å². The third-order valence-corrected chi connectivity index (χ3v) is 8.77. The average molecular weight is 602 g/mol. The van der Waals surface area contributed by atoms with Crippen molar-refractivity contribution in [3.05, 3.63) is 164 Å². The van der Waals surface area contributed by atoms with Crippen molar-refractivity contribution in [3.63, 3.8) is 0 Å². The van der Waals surface area contributed by atoms with Crippen molar-refractivity contribution in [1.82, 2.24) is 15.0 Å². The number of aromatic nitrogens is 3. The summed E-state index contributed by atoms with van der Waals surface area (Å²) in [6, 6.07) is 56.4. The zero-order valence-electron chi connectivity index (χ0n) is 25.3. The monoisotopic (exact) mass is 601 g/mol. The van der Waals surface area contributed by atoms with Gasteiger partial charge in [-0.05, 0) is 45.2 Å². The Balaban J connectivity index is 1.12. The van der Waals surface area contributed by atoms with Crippen molar-refractivity contribution in [2.75, 3.05) is 0 Å². The number of hydrogen-bond donors (Lipinski definition) is 0. The van der Waals surface area contributed by atoms with Crippen LogP contribution in [-0.2, 0) is 0 Å². The Labute approximate surface area is 271 Å². The van der Waals surface area contributed by atoms with Crippen molar-refractivity contribution in [2.24, 2.45) is 0 Å². The molecule has 0 atom stereocenters. The zero-order valence-corrected chi connectivity index (χ0v) is 25.3. The molecule has 7 aromatic carbocycles. The fourth-order valence-corrected chi connectivity index (χ4v) is 6.44. The first-order valence-corrected chi connectivity index (χ1v) is 15.7. The van der Waals surface area contributed by atoms with Gasteiger partial charge in [0.15, 0.2) is 17.5 Å². The fraction of sp³-hybridized carbons (Fsp3) is 0. The number of para-hydroxylation sites is 1. The summed E-state index contributed by atoms with van der Waals surface area (Å²) in [6.07, 6.45) is 0. The van der Waals surface area contributed by atoms with E-state index >= 15 is 0 Å². The van der Waals surface area contributed by atoms with Gasteiger partial charge in [0.05, 0.1) is 0 Å². The Morgan fingerprint density at radius 2 is 0.787 bits per heavy atom. The van der Waals surface area contributed by atoms with Crippen LogP contribution in [0, 0.1) is 0 Å². The maximum absolute atomic E-state index is 6.14. The molecule has 220 valence electrons. The molecule has 0 aliphatic heterocycles. The summed E-state index contributed by atoms with van der Waals surface area (Å²) in [5.41, 5.74) is 9.17. The van der Waals surface area contributed by atoms with E-state index in [1.807, 2.05) is 54.6 Å². The first-order valence-electron chi connectivity index (χ1n) is 15.7. The van der Waals surface area contributed by atoms with Crippen molar-refractivity contribution >= 4 is 32.7 Å². The predicted octanol–water partition coefficient (Wildman–Crippen LogP) is 11.3. The number of furan rings is 1. The highest BCUT2D eigenvalue weighted by Crippen LogP contribution is 2.37. The Kier molecular flexibility index (Phi) is 6.43. The van der Waals surface area contributed by atoms with Crippen LogP contribution in [-0.4, -0.2) is 15.0 Å². The lowest BCUT2D eigenvalue weighted by Crippen LogP contribution is -2.00. The smallest absolute Gasteiger partial charge is 0.164 e. The molecule has 2 heterocycles. The lowest BCUT2D eigenvalue weighted by molar-refractivity contribution is 0.669. The van der Waals surface area contributed by atoms with Gasteiger partial charge in [0.1, 0.15) is 11.2 Å². The van der Waals surface area contributed by atoms with Gasteiger partial charge in [0, 0.05) is 27.5 Å². The summed E-state index contributed by atoms with van der Waals surface area (Å²) in [7, 11) is 0. The van der Waals surface area contributed by atoms with Crippen LogP contribution < -0.4 is 0 Å². The third-order valence-electron chi connectivity index (χ3n) is 8.77. The van der Waals surface area contributed by atoms with Gasteiger partial charge >= 0.3 is 0 Å². The normalized spacial score (nSPS) is 11.4. The van der Waals surface area contributed by atoms with Gasteiger partial charge < -0.3 is 4.42 Å². The Morgan fingerprint density at radius 3 is 1.49 bits per heavy atom. The zero-order chi connectivity index (χ0) is 31.2. The van der Waals surface area contributed by atoms with Crippen molar-refractivity contribution in [2.45, 2.75) is 0 Å². The SMILES string of the molecule is c1ccc(-c2nc(-c3ccc(-c4cccc5ccccc45)cc3)nc(-c3ccc(-c4cccc5oc6ccccc6c45)cc3)n2)cc1. The van der Waals surface area contributed by atoms with Gasteiger partial charge in [-0.25, -0.2) is 15.0 Å². The molecule has 0 unspecified atom stereocenters. The number of benzene rings is 7. The minimum atomic E-state index is 0.630. The second-order valence-corrected chi connectivity index (χ2v) is 11.6. The number of nitrogens with zero attached hydrogens (tertiary/aromatic N) is 3. The lowest BCUT2D eigenvalue weighted by Gasteiger charge is -2.11. The Bertz CT molecular complexity index is 2550. The van der Waals surface area contributed by atoms with Crippen LogP contribution in [0.25, 0.3) is 89.1 Å². The van der Waals surface area contributed by atoms with Crippen molar-refractivity contribution in [1.29, 1.82) is 0 Å². The van der Waals surface area contributed by atoms with E-state index in [0.717, 1.165) is 55.3 Å². The van der Waals surface area contributed by atoms with E-state index in [0.29, 0.717) is 17.5 Å². The van der Waals surface area contributed by atoms with E-state index in [2.05, 4.69) is 109 Å². The van der Waals surface area contributed by atoms with Gasteiger partial charge in [-0.1, -0.05) is 152 Å². The molecule has 4 heteroatoms. The molecular formula is C43H27N3O. The maximum atomic E-state index is 6.14. The molecule has 4 nitrogen and oxygen atoms in total. The second kappa shape index (κ2) is 11.2. The molecule has 0 spiro atoms. The van der Waals surface area contributed by atoms with Gasteiger partial charge in [0.25, 0.3) is 0 Å². The van der Waals surface area contributed by atoms with Crippen LogP contribution in [0.2, 0.25) is 0 Å². The minimum absolute atomic E-state index is 0.630. The Morgan fingerprint density at radius 1 is 0.319 bits per heavy atom. The van der Waals surface area contributed by atoms with E-state index in [1.165, 1.54) is 16.3 Å². The molecule has 0 aliphatic carbocycles. The first-order chi connectivity index (χ1) is 23.3. The Hall–Kier alpha value is -6.39. The second-order valence-electron chi connectivity index (χ2n) is 11.6. The molecule has 0 fully saturated rings. The van der Waals surface area contributed by atoms with E-state index in [-0.39, 0.29) is 0 Å². The van der Waals surface area contributed by atoms with Gasteiger partial charge in [0.2, 0.25) is 0 Å². The van der Waals surface area contributed by atoms with E-state index in [1.54, 1.807) is 0 Å². The fourth-order valence-electron chi connectivity index (χ4n) is 6.44. The molecule has 2 aromatic heterocycles. The van der Waals surface area contributed by atoms with E-state index in [9.17, 15) is 0 Å². The van der Waals surface area contributed by atoms with E-state index in [4.69, 9.17) is 19.4 Å². The number of rotatable bonds is 5. The van der Waals surface area contributed by atoms with Gasteiger partial charge in [-0.2, -0.15) is 0 Å². The number of fused-ring (bicyclic) bond motifs is 4. The summed E-state index contributed by atoms with van der Waals surface area (Å²) in [5, 5.41) is 4.70. The highest BCUT2D eigenvalue weighted by Gasteiger charge is 2.15. The molecular weight excluding hydrogens is 574 g/mol. The molecule has 0 saturated heterocycles. The lowest BCUT2D eigenvalue weighted by atomic mass is 9.97. The van der Waals surface area contributed by atoms with E-state index < -0.39 is 0 Å². The van der Waals surface area contributed by atoms with Crippen LogP contribution >= 0.6 is 0 Å². The van der Waals surface area contributed by atoms with Crippen LogP contribution in [0.4, 0.5) is 0 Å². The first kappa shape index (κ1) is 27.0. The summed E-state index contributed by atoms with van der Waals surface area (Å²) >= 11 is 0. The van der Waals surface area contributed by atoms with Gasteiger partial charge in [-0.15, -0.1) is 0 Å². The molecule has 0 N–H and O–H groups in total. The molecule has 0 amide bonds. The molecule has 47 heavy (non-hydrogen) atoms. The summed E-state index contributed by atoms with van der Waals surface area (Å²) < 4.78 is 6.14. The summed E-state index contributed by atoms with van der Waals surface area (Å²) in [4.78, 5) is 14.9. The summed E-state index contributed by atoms with van der Waals surface area (Å²) in [5.74, 6) is 1.91. The molecule has 0 radical (unpaired) electrons. The maximum Gasteiger partial charge on any atom is 0.164 e. The highest BCUT2D eigenvalue weighted by molar-refractivity contribution is 6.12. The van der Waals surface area contributed by atoms with Crippen LogP contribution in [0.15, 0.2) is 168 Å². The molecule has 0 saturated carbocycles. The quantitative estimate of drug-likeness (QED) is 0.197. The minimum Gasteiger partial charge on any atom is -0.456 e. The summed E-state index contributed by atoms with van der Waals surface area (Å²) in [6.45, 7) is 0. The molecule has 9 rings (SSSR count). The average Bonchev–Trinajstić information content (AvgIpc) is 3.54. The molecule has 0 bridgehead atoms. The van der Waals surface area contributed by atoms with Crippen molar-refractivity contribution in [3.8, 4) is 56.4 Å². The predicted molar refractivity (Wildman–Crippen MR) is 192 cm³/mol. The third kappa shape index (κ3) is 4.84.